The number of anilines is 2. The molecule has 6 atom stereocenters. The molecule has 10 nitrogen and oxygen atoms in total. The number of rotatable bonds is 7. The van der Waals surface area contributed by atoms with Gasteiger partial charge in [0.15, 0.2) is 11.5 Å². The summed E-state index contributed by atoms with van der Waals surface area (Å²) >= 11 is 0. The molecule has 0 aromatic heterocycles. The number of ether oxygens (including phenoxy) is 2. The average Bonchev–Trinajstić information content (AvgIpc) is 3.58. The highest BCUT2D eigenvalue weighted by atomic mass is 19.4. The Morgan fingerprint density at radius 1 is 0.763 bits per heavy atom. The van der Waals surface area contributed by atoms with Crippen LogP contribution in [0.4, 0.5) is 37.7 Å². The third-order valence-corrected chi connectivity index (χ3v) is 12.1. The zero-order valence-electron chi connectivity index (χ0n) is 31.5. The average molecular weight is 820 g/mol. The maximum Gasteiger partial charge on any atom is 0.416 e. The number of phenols is 1. The number of fused-ring (bicyclic) bond motifs is 4. The van der Waals surface area contributed by atoms with E-state index in [0.717, 1.165) is 10.6 Å². The zero-order valence-corrected chi connectivity index (χ0v) is 31.5. The van der Waals surface area contributed by atoms with Crippen LogP contribution in [-0.2, 0) is 36.9 Å². The van der Waals surface area contributed by atoms with E-state index in [1.54, 1.807) is 60.7 Å². The van der Waals surface area contributed by atoms with Crippen molar-refractivity contribution in [3.8, 4) is 17.2 Å². The summed E-state index contributed by atoms with van der Waals surface area (Å²) in [7, 11) is 2.60. The van der Waals surface area contributed by atoms with Gasteiger partial charge in [-0.1, -0.05) is 59.7 Å². The minimum Gasteiger partial charge on any atom is -0.502 e. The lowest BCUT2D eigenvalue weighted by atomic mass is 9.49. The largest absolute Gasteiger partial charge is 0.502 e. The minimum absolute atomic E-state index is 0.0507. The monoisotopic (exact) mass is 819 g/mol. The number of nitrogens with one attached hydrogen (secondary N) is 1. The summed E-state index contributed by atoms with van der Waals surface area (Å²) in [6.45, 7) is 1.86. The molecule has 2 heterocycles. The van der Waals surface area contributed by atoms with Gasteiger partial charge in [-0.3, -0.25) is 24.6 Å². The number of hydrazine groups is 1. The van der Waals surface area contributed by atoms with E-state index in [4.69, 9.17) is 9.47 Å². The quantitative estimate of drug-likeness (QED) is 0.109. The van der Waals surface area contributed by atoms with Crippen LogP contribution in [0.3, 0.4) is 0 Å². The zero-order chi connectivity index (χ0) is 42.3. The predicted octanol–water partition coefficient (Wildman–Crippen LogP) is 7.94. The number of benzene rings is 4. The van der Waals surface area contributed by atoms with Gasteiger partial charge in [-0.05, 0) is 79.3 Å². The third-order valence-electron chi connectivity index (χ3n) is 12.1. The summed E-state index contributed by atoms with van der Waals surface area (Å²) in [5, 5.41) is 11.9. The number of nitrogens with zero attached hydrogens (tertiary/aromatic N) is 2. The number of carbonyl (C=O) groups is 4. The van der Waals surface area contributed by atoms with Crippen molar-refractivity contribution in [3.63, 3.8) is 0 Å². The second-order valence-corrected chi connectivity index (χ2v) is 15.1. The van der Waals surface area contributed by atoms with Gasteiger partial charge in [-0.25, -0.2) is 4.90 Å². The summed E-state index contributed by atoms with van der Waals surface area (Å²) in [5.41, 5.74) is -0.575. The molecule has 2 saturated heterocycles. The molecule has 8 rings (SSSR count). The van der Waals surface area contributed by atoms with E-state index in [2.05, 4.69) is 5.43 Å². The lowest BCUT2D eigenvalue weighted by Gasteiger charge is -2.50. The first-order chi connectivity index (χ1) is 27.9. The van der Waals surface area contributed by atoms with Crippen molar-refractivity contribution in [2.75, 3.05) is 24.5 Å². The fourth-order valence-electron chi connectivity index (χ4n) is 9.52. The van der Waals surface area contributed by atoms with Crippen LogP contribution < -0.4 is 19.8 Å². The van der Waals surface area contributed by atoms with Gasteiger partial charge < -0.3 is 14.6 Å². The van der Waals surface area contributed by atoms with Crippen LogP contribution >= 0.6 is 0 Å². The van der Waals surface area contributed by atoms with E-state index in [-0.39, 0.29) is 36.2 Å². The third kappa shape index (κ3) is 6.09. The standard InChI is InChI=1S/C43H35F6N3O7/c1-21-9-11-26(12-10-21)50-52-38(55)31-20-30-28(35(22-15-32(58-2)36(53)33(16-22)59-3)41(31,40(52)57)23-7-5-4-6-8-23)13-14-29-34(30)39(56)51(37(29)54)27-18-24(42(44,45)46)17-25(19-27)43(47,48)49/h4-13,15-19,29-31,34-35,50,53H,14,20H2,1-3H3/t29-,30+,31-,34-,35-,41+/m0/s1. The van der Waals surface area contributed by atoms with Crippen LogP contribution in [0.25, 0.3) is 0 Å². The van der Waals surface area contributed by atoms with Gasteiger partial charge in [0.25, 0.3) is 11.8 Å². The van der Waals surface area contributed by atoms with Crippen molar-refractivity contribution in [1.82, 2.24) is 5.01 Å². The summed E-state index contributed by atoms with van der Waals surface area (Å²) in [6.07, 6.45) is -9.21. The molecule has 2 N–H and O–H groups in total. The number of hydrogen-bond donors (Lipinski definition) is 2. The summed E-state index contributed by atoms with van der Waals surface area (Å²) in [4.78, 5) is 59.4. The number of imide groups is 2. The summed E-state index contributed by atoms with van der Waals surface area (Å²) in [6, 6.07) is 19.0. The van der Waals surface area contributed by atoms with Gasteiger partial charge in [-0.2, -0.15) is 31.4 Å². The Labute approximate surface area is 333 Å². The van der Waals surface area contributed by atoms with Crippen molar-refractivity contribution >= 4 is 35.0 Å². The lowest BCUT2D eigenvalue weighted by molar-refractivity contribution is -0.143. The molecule has 2 aliphatic carbocycles. The molecule has 2 aliphatic heterocycles. The van der Waals surface area contributed by atoms with E-state index < -0.39 is 87.8 Å². The molecule has 16 heteroatoms. The van der Waals surface area contributed by atoms with Crippen molar-refractivity contribution in [1.29, 1.82) is 0 Å². The highest BCUT2D eigenvalue weighted by Crippen LogP contribution is 2.65. The number of hydrogen-bond acceptors (Lipinski definition) is 8. The van der Waals surface area contributed by atoms with Crippen molar-refractivity contribution < 1.29 is 60.1 Å². The highest BCUT2D eigenvalue weighted by Gasteiger charge is 2.70. The first kappa shape index (κ1) is 39.5. The number of aromatic hydroxyl groups is 1. The lowest BCUT2D eigenvalue weighted by Crippen LogP contribution is -2.53. The molecule has 4 aliphatic rings. The SMILES string of the molecule is COc1cc([C@H]2C3=CC[C@@H]4C(=O)N(c5cc(C(F)(F)F)cc(C(F)(F)F)c5)C(=O)[C@@H]4[C@@H]3C[C@H]3C(=O)N(Nc4ccc(C)cc4)C(=O)[C@@]23c2ccccc2)cc(OC)c1O. The summed E-state index contributed by atoms with van der Waals surface area (Å²) in [5.74, 6) is -9.78. The number of methoxy groups -OCH3 is 2. The Kier molecular flexibility index (Phi) is 9.31. The second-order valence-electron chi connectivity index (χ2n) is 15.1. The highest BCUT2D eigenvalue weighted by molar-refractivity contribution is 6.22. The number of alkyl halides is 6. The molecule has 4 aromatic carbocycles. The molecule has 0 bridgehead atoms. The molecule has 0 unspecified atom stereocenters. The molecule has 4 aromatic rings. The van der Waals surface area contributed by atoms with E-state index in [1.165, 1.54) is 26.4 Å². The molecular weight excluding hydrogens is 784 g/mol. The first-order valence-corrected chi connectivity index (χ1v) is 18.5. The van der Waals surface area contributed by atoms with E-state index >= 15 is 4.79 Å². The maximum atomic E-state index is 15.4. The second kappa shape index (κ2) is 13.9. The minimum atomic E-state index is -5.25. The van der Waals surface area contributed by atoms with Crippen LogP contribution in [0.2, 0.25) is 0 Å². The normalized spacial score (nSPS) is 25.4. The summed E-state index contributed by atoms with van der Waals surface area (Å²) < 4.78 is 94.8. The Morgan fingerprint density at radius 3 is 1.92 bits per heavy atom. The van der Waals surface area contributed by atoms with E-state index in [0.29, 0.717) is 39.4 Å². The van der Waals surface area contributed by atoms with Gasteiger partial charge in [0.05, 0.1) is 59.9 Å². The fraction of sp³-hybridized carbons (Fsp3) is 0.302. The maximum absolute atomic E-state index is 15.4. The van der Waals surface area contributed by atoms with Gasteiger partial charge in [-0.15, -0.1) is 0 Å². The molecule has 0 spiro atoms. The van der Waals surface area contributed by atoms with Crippen LogP contribution in [0.1, 0.15) is 46.6 Å². The first-order valence-electron chi connectivity index (χ1n) is 18.5. The predicted molar refractivity (Wildman–Crippen MR) is 199 cm³/mol. The number of aryl methyl sites for hydroxylation is 1. The molecule has 59 heavy (non-hydrogen) atoms. The number of phenolic OH excluding ortho intramolecular Hbond substituents is 1. The fourth-order valence-corrected chi connectivity index (χ4v) is 9.52. The molecule has 0 radical (unpaired) electrons. The van der Waals surface area contributed by atoms with E-state index in [1.807, 2.05) is 6.92 Å². The Hall–Kier alpha value is -6.32. The van der Waals surface area contributed by atoms with Crippen molar-refractivity contribution in [3.05, 3.63) is 124 Å². The van der Waals surface area contributed by atoms with E-state index in [9.17, 15) is 45.8 Å². The van der Waals surface area contributed by atoms with Gasteiger partial charge >= 0.3 is 12.4 Å². The van der Waals surface area contributed by atoms with Crippen LogP contribution in [0.5, 0.6) is 17.2 Å². The van der Waals surface area contributed by atoms with Gasteiger partial charge in [0.1, 0.15) is 0 Å². The number of halogens is 6. The van der Waals surface area contributed by atoms with Crippen LogP contribution in [0, 0.1) is 30.6 Å². The topological polar surface area (TPSA) is 125 Å². The number of carbonyl (C=O) groups excluding carboxylic acids is 4. The van der Waals surface area contributed by atoms with Gasteiger partial charge in [0, 0.05) is 5.92 Å². The van der Waals surface area contributed by atoms with Gasteiger partial charge in [0.2, 0.25) is 17.6 Å². The van der Waals surface area contributed by atoms with Crippen LogP contribution in [0.15, 0.2) is 96.6 Å². The molecule has 1 saturated carbocycles. The number of amides is 4. The molecule has 3 fully saturated rings. The Bertz CT molecular complexity index is 2380. The van der Waals surface area contributed by atoms with Crippen molar-refractivity contribution in [2.45, 2.75) is 43.5 Å². The Morgan fingerprint density at radius 2 is 1.36 bits per heavy atom. The number of allylic oxidation sites excluding steroid dienone is 2. The molecule has 306 valence electrons. The van der Waals surface area contributed by atoms with Crippen LogP contribution in [-0.4, -0.2) is 48.0 Å². The molecular formula is C43H35F6N3O7. The Balaban J connectivity index is 1.33. The smallest absolute Gasteiger partial charge is 0.416 e. The van der Waals surface area contributed by atoms with Crippen molar-refractivity contribution in [2.24, 2.45) is 23.7 Å². The molecule has 4 amide bonds.